The second-order valence-corrected chi connectivity index (χ2v) is 6.44. The highest BCUT2D eigenvalue weighted by Crippen LogP contribution is 2.23. The standard InChI is InChI=1S/C12H14ClN3O2S/c1-2-6-15-7-9-16(10-8-15)19(17,18)11-4-3-5-14-12(11)13/h1,3-5H,6-10H2. The van der Waals surface area contributed by atoms with Crippen molar-refractivity contribution in [2.24, 2.45) is 0 Å². The van der Waals surface area contributed by atoms with Gasteiger partial charge in [-0.25, -0.2) is 13.4 Å². The zero-order chi connectivity index (χ0) is 13.9. The quantitative estimate of drug-likeness (QED) is 0.608. The van der Waals surface area contributed by atoms with Crippen LogP contribution in [0.2, 0.25) is 5.15 Å². The predicted molar refractivity (Wildman–Crippen MR) is 73.3 cm³/mol. The molecule has 1 aliphatic rings. The van der Waals surface area contributed by atoms with Crippen LogP contribution in [0.4, 0.5) is 0 Å². The monoisotopic (exact) mass is 299 g/mol. The summed E-state index contributed by atoms with van der Waals surface area (Å²) in [4.78, 5) is 5.90. The summed E-state index contributed by atoms with van der Waals surface area (Å²) in [6.45, 7) is 2.62. The summed E-state index contributed by atoms with van der Waals surface area (Å²) in [7, 11) is -3.57. The van der Waals surface area contributed by atoms with Crippen LogP contribution in [0.15, 0.2) is 23.2 Å². The molecule has 5 nitrogen and oxygen atoms in total. The summed E-state index contributed by atoms with van der Waals surface area (Å²) < 4.78 is 26.3. The molecule has 1 aromatic heterocycles. The molecule has 0 amide bonds. The Morgan fingerprint density at radius 2 is 2.05 bits per heavy atom. The van der Waals surface area contributed by atoms with Crippen molar-refractivity contribution in [2.45, 2.75) is 4.90 Å². The van der Waals surface area contributed by atoms with Gasteiger partial charge >= 0.3 is 0 Å². The molecule has 0 radical (unpaired) electrons. The summed E-state index contributed by atoms with van der Waals surface area (Å²) in [5.41, 5.74) is 0. The highest BCUT2D eigenvalue weighted by Gasteiger charge is 2.30. The number of hydrogen-bond donors (Lipinski definition) is 0. The maximum atomic E-state index is 12.4. The minimum absolute atomic E-state index is 0.00792. The largest absolute Gasteiger partial charge is 0.290 e. The van der Waals surface area contributed by atoms with E-state index < -0.39 is 10.0 Å². The van der Waals surface area contributed by atoms with E-state index >= 15 is 0 Å². The normalized spacial score (nSPS) is 18.1. The molecule has 7 heteroatoms. The van der Waals surface area contributed by atoms with Crippen LogP contribution in [-0.2, 0) is 10.0 Å². The minimum atomic E-state index is -3.57. The van der Waals surface area contributed by atoms with Crippen molar-refractivity contribution < 1.29 is 8.42 Å². The van der Waals surface area contributed by atoms with Crippen LogP contribution in [0.1, 0.15) is 0 Å². The van der Waals surface area contributed by atoms with Crippen LogP contribution < -0.4 is 0 Å². The van der Waals surface area contributed by atoms with Crippen LogP contribution in [0.25, 0.3) is 0 Å². The minimum Gasteiger partial charge on any atom is -0.290 e. The van der Waals surface area contributed by atoms with Gasteiger partial charge in [-0.2, -0.15) is 4.31 Å². The maximum absolute atomic E-state index is 12.4. The van der Waals surface area contributed by atoms with E-state index in [1.54, 1.807) is 6.07 Å². The lowest BCUT2D eigenvalue weighted by atomic mass is 10.4. The molecule has 1 fully saturated rings. The van der Waals surface area contributed by atoms with E-state index in [1.807, 2.05) is 4.90 Å². The first-order valence-electron chi connectivity index (χ1n) is 5.82. The first kappa shape index (κ1) is 14.3. The Morgan fingerprint density at radius 1 is 1.37 bits per heavy atom. The molecule has 1 aliphatic heterocycles. The number of pyridine rings is 1. The molecule has 0 unspecified atom stereocenters. The van der Waals surface area contributed by atoms with Gasteiger partial charge in [0.2, 0.25) is 10.0 Å². The Morgan fingerprint density at radius 3 is 2.63 bits per heavy atom. The lowest BCUT2D eigenvalue weighted by Crippen LogP contribution is -2.48. The van der Waals surface area contributed by atoms with Gasteiger partial charge in [-0.05, 0) is 12.1 Å². The molecule has 0 N–H and O–H groups in total. The van der Waals surface area contributed by atoms with Crippen molar-refractivity contribution in [1.29, 1.82) is 0 Å². The van der Waals surface area contributed by atoms with Gasteiger partial charge in [0.05, 0.1) is 6.54 Å². The highest BCUT2D eigenvalue weighted by molar-refractivity contribution is 7.89. The van der Waals surface area contributed by atoms with E-state index in [0.717, 1.165) is 0 Å². The van der Waals surface area contributed by atoms with E-state index in [9.17, 15) is 8.42 Å². The Balaban J connectivity index is 2.15. The molecule has 2 heterocycles. The van der Waals surface area contributed by atoms with Crippen LogP contribution in [0.5, 0.6) is 0 Å². The van der Waals surface area contributed by atoms with E-state index in [-0.39, 0.29) is 10.0 Å². The first-order valence-corrected chi connectivity index (χ1v) is 7.64. The first-order chi connectivity index (χ1) is 9.05. The zero-order valence-electron chi connectivity index (χ0n) is 10.3. The number of terminal acetylenes is 1. The zero-order valence-corrected chi connectivity index (χ0v) is 11.9. The predicted octanol–water partition coefficient (Wildman–Crippen LogP) is 0.674. The van der Waals surface area contributed by atoms with Gasteiger partial charge in [-0.15, -0.1) is 6.42 Å². The molecule has 1 aromatic rings. The van der Waals surface area contributed by atoms with Gasteiger partial charge in [0.25, 0.3) is 0 Å². The summed E-state index contributed by atoms with van der Waals surface area (Å²) in [6, 6.07) is 3.03. The fraction of sp³-hybridized carbons (Fsp3) is 0.417. The Kier molecular flexibility index (Phi) is 4.42. The topological polar surface area (TPSA) is 53.5 Å². The Hall–Kier alpha value is -1.13. The van der Waals surface area contributed by atoms with Crippen LogP contribution in [-0.4, -0.2) is 55.3 Å². The average molecular weight is 300 g/mol. The van der Waals surface area contributed by atoms with Crippen molar-refractivity contribution in [2.75, 3.05) is 32.7 Å². The second-order valence-electron chi connectivity index (χ2n) is 4.18. The van der Waals surface area contributed by atoms with Gasteiger partial charge < -0.3 is 0 Å². The van der Waals surface area contributed by atoms with Crippen LogP contribution in [0.3, 0.4) is 0 Å². The van der Waals surface area contributed by atoms with Gasteiger partial charge in [-0.1, -0.05) is 17.5 Å². The Labute approximate surface area is 118 Å². The number of nitrogens with zero attached hydrogens (tertiary/aromatic N) is 3. The van der Waals surface area contributed by atoms with E-state index in [4.69, 9.17) is 18.0 Å². The summed E-state index contributed by atoms with van der Waals surface area (Å²) >= 11 is 5.85. The van der Waals surface area contributed by atoms with Gasteiger partial charge in [-0.3, -0.25) is 4.90 Å². The van der Waals surface area contributed by atoms with Crippen LogP contribution >= 0.6 is 11.6 Å². The van der Waals surface area contributed by atoms with E-state index in [1.165, 1.54) is 16.6 Å². The van der Waals surface area contributed by atoms with Gasteiger partial charge in [0.15, 0.2) is 0 Å². The van der Waals surface area contributed by atoms with Crippen molar-refractivity contribution in [3.8, 4) is 12.3 Å². The summed E-state index contributed by atoms with van der Waals surface area (Å²) in [6.07, 6.45) is 6.71. The molecule has 102 valence electrons. The molecule has 0 saturated carbocycles. The number of hydrogen-bond acceptors (Lipinski definition) is 4. The molecule has 2 rings (SSSR count). The lowest BCUT2D eigenvalue weighted by Gasteiger charge is -2.32. The summed E-state index contributed by atoms with van der Waals surface area (Å²) in [5, 5.41) is 0.00792. The van der Waals surface area contributed by atoms with Crippen molar-refractivity contribution in [3.63, 3.8) is 0 Å². The smallest absolute Gasteiger partial charge is 0.246 e. The molecule has 1 saturated heterocycles. The third-order valence-corrected chi connectivity index (χ3v) is 5.33. The van der Waals surface area contributed by atoms with Crippen LogP contribution in [0, 0.1) is 12.3 Å². The molecular formula is C12H14ClN3O2S. The SMILES string of the molecule is C#CCN1CCN(S(=O)(=O)c2cccnc2Cl)CC1. The third kappa shape index (κ3) is 3.07. The molecule has 19 heavy (non-hydrogen) atoms. The highest BCUT2D eigenvalue weighted by atomic mass is 35.5. The van der Waals surface area contributed by atoms with E-state index in [0.29, 0.717) is 32.7 Å². The lowest BCUT2D eigenvalue weighted by molar-refractivity contribution is 0.207. The number of sulfonamides is 1. The molecular weight excluding hydrogens is 286 g/mol. The number of rotatable bonds is 3. The third-order valence-electron chi connectivity index (χ3n) is 2.99. The Bertz CT molecular complexity index is 589. The van der Waals surface area contributed by atoms with Crippen molar-refractivity contribution in [1.82, 2.24) is 14.2 Å². The average Bonchev–Trinajstić information content (AvgIpc) is 2.40. The number of halogens is 1. The molecule has 0 spiro atoms. The maximum Gasteiger partial charge on any atom is 0.246 e. The summed E-state index contributed by atoms with van der Waals surface area (Å²) in [5.74, 6) is 2.56. The van der Waals surface area contributed by atoms with Crippen molar-refractivity contribution >= 4 is 21.6 Å². The van der Waals surface area contributed by atoms with Crippen molar-refractivity contribution in [3.05, 3.63) is 23.5 Å². The fourth-order valence-corrected chi connectivity index (χ4v) is 3.81. The van der Waals surface area contributed by atoms with E-state index in [2.05, 4.69) is 10.9 Å². The molecule has 0 aliphatic carbocycles. The number of aromatic nitrogens is 1. The second kappa shape index (κ2) is 5.88. The molecule has 0 atom stereocenters. The number of piperazine rings is 1. The molecule has 0 aromatic carbocycles. The molecule has 0 bridgehead atoms. The fourth-order valence-electron chi connectivity index (χ4n) is 1.96. The van der Waals surface area contributed by atoms with Gasteiger partial charge in [0, 0.05) is 32.4 Å². The van der Waals surface area contributed by atoms with Gasteiger partial charge in [0.1, 0.15) is 10.0 Å².